The molecule has 4 nitrogen and oxygen atoms in total. The summed E-state index contributed by atoms with van der Waals surface area (Å²) in [6, 6.07) is 14.2. The Bertz CT molecular complexity index is 680. The number of nitrogens with zero attached hydrogens (tertiary/aromatic N) is 2. The molecule has 26 heavy (non-hydrogen) atoms. The van der Waals surface area contributed by atoms with Crippen LogP contribution in [-0.2, 0) is 6.42 Å². The van der Waals surface area contributed by atoms with Crippen LogP contribution in [0.25, 0.3) is 0 Å². The smallest absolute Gasteiger partial charge is 0.0388 e. The summed E-state index contributed by atoms with van der Waals surface area (Å²) in [5.74, 6) is 0. The Morgan fingerprint density at radius 3 is 2.69 bits per heavy atom. The first kappa shape index (κ1) is 17.5. The van der Waals surface area contributed by atoms with E-state index in [0.29, 0.717) is 12.1 Å². The minimum absolute atomic E-state index is 0.495. The maximum atomic E-state index is 4.10. The Labute approximate surface area is 157 Å². The fourth-order valence-corrected chi connectivity index (χ4v) is 4.26. The van der Waals surface area contributed by atoms with Gasteiger partial charge in [-0.05, 0) is 74.5 Å². The Morgan fingerprint density at radius 2 is 1.85 bits per heavy atom. The van der Waals surface area contributed by atoms with Crippen LogP contribution >= 0.6 is 0 Å². The van der Waals surface area contributed by atoms with E-state index in [2.05, 4.69) is 56.9 Å². The van der Waals surface area contributed by atoms with Crippen molar-refractivity contribution in [3.05, 3.63) is 59.9 Å². The second-order valence-corrected chi connectivity index (χ2v) is 7.60. The van der Waals surface area contributed by atoms with Crippen molar-refractivity contribution in [3.63, 3.8) is 0 Å². The molecule has 4 rings (SSSR count). The monoisotopic (exact) mass is 350 g/mol. The van der Waals surface area contributed by atoms with E-state index in [9.17, 15) is 0 Å². The van der Waals surface area contributed by atoms with Gasteiger partial charge in [0.25, 0.3) is 0 Å². The van der Waals surface area contributed by atoms with Crippen molar-refractivity contribution in [3.8, 4) is 0 Å². The van der Waals surface area contributed by atoms with Crippen LogP contribution < -0.4 is 10.6 Å². The summed E-state index contributed by atoms with van der Waals surface area (Å²) in [5.41, 5.74) is 4.16. The van der Waals surface area contributed by atoms with Gasteiger partial charge in [-0.2, -0.15) is 0 Å². The van der Waals surface area contributed by atoms with E-state index < -0.39 is 0 Å². The van der Waals surface area contributed by atoms with Crippen LogP contribution in [0.4, 0.5) is 5.69 Å². The number of pyridine rings is 1. The minimum Gasteiger partial charge on any atom is -0.385 e. The summed E-state index contributed by atoms with van der Waals surface area (Å²) in [4.78, 5) is 6.71. The Kier molecular flexibility index (Phi) is 5.82. The predicted molar refractivity (Wildman–Crippen MR) is 107 cm³/mol. The van der Waals surface area contributed by atoms with Gasteiger partial charge in [0, 0.05) is 43.3 Å². The molecule has 1 aromatic heterocycles. The lowest BCUT2D eigenvalue weighted by atomic mass is 9.97. The van der Waals surface area contributed by atoms with Crippen LogP contribution in [-0.4, -0.2) is 42.1 Å². The summed E-state index contributed by atoms with van der Waals surface area (Å²) in [6.07, 6.45) is 9.88. The topological polar surface area (TPSA) is 40.2 Å². The van der Waals surface area contributed by atoms with E-state index in [-0.39, 0.29) is 0 Å². The molecule has 2 aliphatic heterocycles. The molecule has 0 aliphatic carbocycles. The molecule has 138 valence electrons. The van der Waals surface area contributed by atoms with Crippen LogP contribution in [0.2, 0.25) is 0 Å². The van der Waals surface area contributed by atoms with Crippen molar-refractivity contribution in [2.24, 2.45) is 0 Å². The predicted octanol–water partition coefficient (Wildman–Crippen LogP) is 3.63. The van der Waals surface area contributed by atoms with Gasteiger partial charge >= 0.3 is 0 Å². The van der Waals surface area contributed by atoms with Crippen molar-refractivity contribution in [1.29, 1.82) is 0 Å². The maximum absolute atomic E-state index is 4.10. The highest BCUT2D eigenvalue weighted by Crippen LogP contribution is 2.30. The molecular formula is C22H30N4. The third-order valence-corrected chi connectivity index (χ3v) is 5.81. The zero-order valence-corrected chi connectivity index (χ0v) is 15.5. The SMILES string of the molecule is c1ccc2c(c1)NCCCC2NC1CCN(CCc2ccncc2)CC1. The summed E-state index contributed by atoms with van der Waals surface area (Å²) >= 11 is 0. The van der Waals surface area contributed by atoms with E-state index >= 15 is 0 Å². The molecule has 1 unspecified atom stereocenters. The highest BCUT2D eigenvalue weighted by Gasteiger charge is 2.24. The number of nitrogens with one attached hydrogen (secondary N) is 2. The van der Waals surface area contributed by atoms with Gasteiger partial charge in [0.1, 0.15) is 0 Å². The number of benzene rings is 1. The fourth-order valence-electron chi connectivity index (χ4n) is 4.26. The second-order valence-electron chi connectivity index (χ2n) is 7.60. The van der Waals surface area contributed by atoms with E-state index in [1.54, 1.807) is 0 Å². The van der Waals surface area contributed by atoms with Crippen LogP contribution in [0.5, 0.6) is 0 Å². The number of anilines is 1. The zero-order valence-electron chi connectivity index (χ0n) is 15.5. The number of rotatable bonds is 5. The molecule has 2 aromatic rings. The molecular weight excluding hydrogens is 320 g/mol. The highest BCUT2D eigenvalue weighted by atomic mass is 15.1. The van der Waals surface area contributed by atoms with Crippen molar-refractivity contribution in [2.75, 3.05) is 31.5 Å². The summed E-state index contributed by atoms with van der Waals surface area (Å²) in [5, 5.41) is 7.55. The normalized spacial score (nSPS) is 21.6. The summed E-state index contributed by atoms with van der Waals surface area (Å²) in [6.45, 7) is 4.65. The largest absolute Gasteiger partial charge is 0.385 e. The molecule has 1 atom stereocenters. The molecule has 0 amide bonds. The fraction of sp³-hybridized carbons (Fsp3) is 0.500. The molecule has 1 fully saturated rings. The Balaban J connectivity index is 1.27. The lowest BCUT2D eigenvalue weighted by Crippen LogP contribution is -2.44. The number of likely N-dealkylation sites (tertiary alicyclic amines) is 1. The molecule has 2 N–H and O–H groups in total. The van der Waals surface area contributed by atoms with Crippen molar-refractivity contribution in [1.82, 2.24) is 15.2 Å². The first-order valence-corrected chi connectivity index (χ1v) is 10.1. The number of aromatic nitrogens is 1. The van der Waals surface area contributed by atoms with Crippen LogP contribution in [0.15, 0.2) is 48.8 Å². The third-order valence-electron chi connectivity index (χ3n) is 5.81. The second kappa shape index (κ2) is 8.65. The molecule has 0 saturated carbocycles. The van der Waals surface area contributed by atoms with Gasteiger partial charge in [0.2, 0.25) is 0 Å². The lowest BCUT2D eigenvalue weighted by molar-refractivity contribution is 0.191. The highest BCUT2D eigenvalue weighted by molar-refractivity contribution is 5.53. The van der Waals surface area contributed by atoms with Gasteiger partial charge in [0.15, 0.2) is 0 Å². The molecule has 3 heterocycles. The van der Waals surface area contributed by atoms with Crippen molar-refractivity contribution in [2.45, 2.75) is 44.2 Å². The van der Waals surface area contributed by atoms with E-state index in [1.165, 1.54) is 55.6 Å². The minimum atomic E-state index is 0.495. The average Bonchev–Trinajstić information content (AvgIpc) is 2.91. The van der Waals surface area contributed by atoms with Gasteiger partial charge in [-0.3, -0.25) is 4.98 Å². The average molecular weight is 351 g/mol. The zero-order chi connectivity index (χ0) is 17.6. The maximum Gasteiger partial charge on any atom is 0.0388 e. The number of hydrogen-bond donors (Lipinski definition) is 2. The number of hydrogen-bond acceptors (Lipinski definition) is 4. The van der Waals surface area contributed by atoms with Crippen LogP contribution in [0.1, 0.15) is 42.9 Å². The number of para-hydroxylation sites is 1. The number of piperidine rings is 1. The van der Waals surface area contributed by atoms with Gasteiger partial charge in [-0.1, -0.05) is 18.2 Å². The van der Waals surface area contributed by atoms with Crippen LogP contribution in [0, 0.1) is 0 Å². The van der Waals surface area contributed by atoms with Crippen molar-refractivity contribution >= 4 is 5.69 Å². The summed E-state index contributed by atoms with van der Waals surface area (Å²) in [7, 11) is 0. The van der Waals surface area contributed by atoms with Crippen LogP contribution in [0.3, 0.4) is 0 Å². The van der Waals surface area contributed by atoms with E-state index in [4.69, 9.17) is 0 Å². The van der Waals surface area contributed by atoms with E-state index in [1.807, 2.05) is 12.4 Å². The first-order valence-electron chi connectivity index (χ1n) is 10.1. The Hall–Kier alpha value is -1.91. The third kappa shape index (κ3) is 4.43. The quantitative estimate of drug-likeness (QED) is 0.864. The molecule has 1 saturated heterocycles. The van der Waals surface area contributed by atoms with E-state index in [0.717, 1.165) is 19.5 Å². The molecule has 0 spiro atoms. The molecule has 1 aromatic carbocycles. The Morgan fingerprint density at radius 1 is 1.04 bits per heavy atom. The molecule has 0 bridgehead atoms. The molecule has 0 radical (unpaired) electrons. The van der Waals surface area contributed by atoms with Crippen molar-refractivity contribution < 1.29 is 0 Å². The molecule has 4 heteroatoms. The van der Waals surface area contributed by atoms with Gasteiger partial charge < -0.3 is 15.5 Å². The van der Waals surface area contributed by atoms with Gasteiger partial charge in [0.05, 0.1) is 0 Å². The summed E-state index contributed by atoms with van der Waals surface area (Å²) < 4.78 is 0. The number of fused-ring (bicyclic) bond motifs is 1. The standard InChI is InChI=1S/C22H30N4/c1-2-5-21-20(4-1)22(6-3-12-24-21)25-19-10-16-26(17-11-19)15-9-18-7-13-23-14-8-18/h1-2,4-5,7-8,13-14,19,22,24-25H,3,6,9-12,15-17H2. The van der Waals surface area contributed by atoms with Gasteiger partial charge in [-0.15, -0.1) is 0 Å². The lowest BCUT2D eigenvalue weighted by Gasteiger charge is -2.34. The van der Waals surface area contributed by atoms with Gasteiger partial charge in [-0.25, -0.2) is 0 Å². The first-order chi connectivity index (χ1) is 12.9. The molecule has 2 aliphatic rings.